The molecule has 0 aliphatic heterocycles. The molecule has 1 fully saturated rings. The number of methoxy groups -OCH3 is 1. The highest BCUT2D eigenvalue weighted by Crippen LogP contribution is 2.42. The Kier molecular flexibility index (Phi) is 4.69. The zero-order valence-corrected chi connectivity index (χ0v) is 13.6. The Bertz CT molecular complexity index is 749. The summed E-state index contributed by atoms with van der Waals surface area (Å²) < 4.78 is 44.9. The van der Waals surface area contributed by atoms with Crippen LogP contribution in [-0.2, 0) is 12.7 Å². The van der Waals surface area contributed by atoms with Gasteiger partial charge in [0.1, 0.15) is 5.75 Å². The number of hydrogen-bond acceptors (Lipinski definition) is 3. The van der Waals surface area contributed by atoms with Crippen molar-refractivity contribution in [1.82, 2.24) is 15.1 Å². The fourth-order valence-corrected chi connectivity index (χ4v) is 2.58. The molecule has 0 bridgehead atoms. The molecule has 0 radical (unpaired) electrons. The molecule has 0 saturated heterocycles. The first-order valence-corrected chi connectivity index (χ1v) is 7.95. The van der Waals surface area contributed by atoms with Crippen LogP contribution in [0, 0.1) is 0 Å². The van der Waals surface area contributed by atoms with Gasteiger partial charge >= 0.3 is 6.18 Å². The Morgan fingerprint density at radius 2 is 2.00 bits per heavy atom. The Morgan fingerprint density at radius 1 is 1.32 bits per heavy atom. The van der Waals surface area contributed by atoms with Crippen LogP contribution in [-0.4, -0.2) is 29.3 Å². The van der Waals surface area contributed by atoms with Crippen LogP contribution in [0.5, 0.6) is 5.75 Å². The number of alkyl halides is 3. The van der Waals surface area contributed by atoms with Crippen molar-refractivity contribution in [1.29, 1.82) is 0 Å². The number of aromatic nitrogens is 2. The summed E-state index contributed by atoms with van der Waals surface area (Å²) in [6.45, 7) is 0.396. The van der Waals surface area contributed by atoms with Crippen molar-refractivity contribution in [2.45, 2.75) is 31.5 Å². The number of carbonyl (C=O) groups excluding carboxylic acids is 1. The molecule has 2 aromatic rings. The molecule has 1 aromatic carbocycles. The molecule has 1 amide bonds. The summed E-state index contributed by atoms with van der Waals surface area (Å²) in [4.78, 5) is 12.1. The Labute approximate surface area is 142 Å². The van der Waals surface area contributed by atoms with E-state index in [4.69, 9.17) is 4.74 Å². The minimum atomic E-state index is -4.46. The lowest BCUT2D eigenvalue weighted by Crippen LogP contribution is -2.28. The third-order valence-corrected chi connectivity index (χ3v) is 4.06. The summed E-state index contributed by atoms with van der Waals surface area (Å²) in [6, 6.07) is 7.70. The topological polar surface area (TPSA) is 56.1 Å². The lowest BCUT2D eigenvalue weighted by atomic mass is 10.2. The Hall–Kier alpha value is -2.51. The third kappa shape index (κ3) is 4.12. The quantitative estimate of drug-likeness (QED) is 0.868. The van der Waals surface area contributed by atoms with Crippen LogP contribution in [0.4, 0.5) is 13.2 Å². The molecule has 1 N–H and O–H groups in total. The fraction of sp³-hybridized carbons (Fsp3) is 0.412. The van der Waals surface area contributed by atoms with Gasteiger partial charge in [-0.15, -0.1) is 0 Å². The zero-order chi connectivity index (χ0) is 18.0. The highest BCUT2D eigenvalue weighted by atomic mass is 19.4. The van der Waals surface area contributed by atoms with Gasteiger partial charge in [-0.2, -0.15) is 18.3 Å². The molecule has 1 saturated carbocycles. The van der Waals surface area contributed by atoms with Crippen molar-refractivity contribution in [3.8, 4) is 5.75 Å². The van der Waals surface area contributed by atoms with Crippen LogP contribution in [0.25, 0.3) is 0 Å². The number of benzene rings is 1. The molecule has 5 nitrogen and oxygen atoms in total. The monoisotopic (exact) mass is 353 g/mol. The van der Waals surface area contributed by atoms with Crippen molar-refractivity contribution in [2.24, 2.45) is 0 Å². The smallest absolute Gasteiger partial charge is 0.435 e. The predicted molar refractivity (Wildman–Crippen MR) is 84.5 cm³/mol. The van der Waals surface area contributed by atoms with E-state index in [0.29, 0.717) is 17.0 Å². The molecule has 25 heavy (non-hydrogen) atoms. The van der Waals surface area contributed by atoms with E-state index in [0.717, 1.165) is 18.9 Å². The minimum absolute atomic E-state index is 0.140. The molecule has 0 spiro atoms. The fourth-order valence-electron chi connectivity index (χ4n) is 2.58. The normalized spacial score (nSPS) is 14.4. The summed E-state index contributed by atoms with van der Waals surface area (Å²) in [6.07, 6.45) is -2.70. The molecule has 134 valence electrons. The molecule has 8 heteroatoms. The van der Waals surface area contributed by atoms with Gasteiger partial charge in [-0.25, -0.2) is 0 Å². The largest absolute Gasteiger partial charge is 0.497 e. The van der Waals surface area contributed by atoms with Crippen LogP contribution < -0.4 is 10.1 Å². The maximum absolute atomic E-state index is 12.8. The maximum Gasteiger partial charge on any atom is 0.435 e. The van der Waals surface area contributed by atoms with Crippen LogP contribution in [0.2, 0.25) is 0 Å². The van der Waals surface area contributed by atoms with Crippen molar-refractivity contribution in [3.63, 3.8) is 0 Å². The number of nitrogens with one attached hydrogen (secondary N) is 1. The number of carbonyl (C=O) groups is 1. The standard InChI is InChI=1S/C17H18F3N3O2/c1-25-13-6-4-12(5-7-13)16(24)21-8-9-23-14(11-2-3-11)10-15(22-23)17(18,19)20/h4-7,10-11H,2-3,8-9H2,1H3,(H,21,24). The van der Waals surface area contributed by atoms with Gasteiger partial charge in [0.25, 0.3) is 5.91 Å². The maximum atomic E-state index is 12.8. The van der Waals surface area contributed by atoms with Crippen LogP contribution in [0.15, 0.2) is 30.3 Å². The van der Waals surface area contributed by atoms with Crippen molar-refractivity contribution in [2.75, 3.05) is 13.7 Å². The van der Waals surface area contributed by atoms with Gasteiger partial charge in [-0.1, -0.05) is 0 Å². The lowest BCUT2D eigenvalue weighted by Gasteiger charge is -2.09. The zero-order valence-electron chi connectivity index (χ0n) is 13.6. The van der Waals surface area contributed by atoms with Gasteiger partial charge in [-0.3, -0.25) is 9.48 Å². The summed E-state index contributed by atoms with van der Waals surface area (Å²) in [5.74, 6) is 0.488. The predicted octanol–water partition coefficient (Wildman–Crippen LogP) is 3.22. The highest BCUT2D eigenvalue weighted by molar-refractivity contribution is 5.94. The molecule has 1 heterocycles. The number of nitrogens with zero attached hydrogens (tertiary/aromatic N) is 2. The minimum Gasteiger partial charge on any atom is -0.497 e. The number of ether oxygens (including phenoxy) is 1. The van der Waals surface area contributed by atoms with Crippen molar-refractivity contribution >= 4 is 5.91 Å². The first-order valence-electron chi connectivity index (χ1n) is 7.95. The average Bonchev–Trinajstić information content (AvgIpc) is 3.33. The second-order valence-corrected chi connectivity index (χ2v) is 5.93. The first kappa shape index (κ1) is 17.3. The van der Waals surface area contributed by atoms with Crippen molar-refractivity contribution < 1.29 is 22.7 Å². The second-order valence-electron chi connectivity index (χ2n) is 5.93. The lowest BCUT2D eigenvalue weighted by molar-refractivity contribution is -0.141. The van der Waals surface area contributed by atoms with Gasteiger partial charge in [0.2, 0.25) is 0 Å². The summed E-state index contributed by atoms with van der Waals surface area (Å²) in [5, 5.41) is 6.36. The van der Waals surface area contributed by atoms with Crippen LogP contribution >= 0.6 is 0 Å². The first-order chi connectivity index (χ1) is 11.9. The molecule has 1 aliphatic rings. The van der Waals surface area contributed by atoms with E-state index in [9.17, 15) is 18.0 Å². The molecule has 1 aromatic heterocycles. The van der Waals surface area contributed by atoms with E-state index >= 15 is 0 Å². The molecule has 1 aliphatic carbocycles. The molecular weight excluding hydrogens is 335 g/mol. The van der Waals surface area contributed by atoms with Crippen molar-refractivity contribution in [3.05, 3.63) is 47.3 Å². The average molecular weight is 353 g/mol. The number of rotatable bonds is 6. The van der Waals surface area contributed by atoms with E-state index in [2.05, 4.69) is 10.4 Å². The molecule has 0 atom stereocenters. The highest BCUT2D eigenvalue weighted by Gasteiger charge is 2.37. The third-order valence-electron chi connectivity index (χ3n) is 4.06. The Morgan fingerprint density at radius 3 is 2.56 bits per heavy atom. The van der Waals surface area contributed by atoms with Gasteiger partial charge < -0.3 is 10.1 Å². The summed E-state index contributed by atoms with van der Waals surface area (Å²) in [7, 11) is 1.53. The second kappa shape index (κ2) is 6.78. The molecule has 3 rings (SSSR count). The Balaban J connectivity index is 1.61. The number of hydrogen-bond donors (Lipinski definition) is 1. The number of halogens is 3. The van der Waals surface area contributed by atoms with Crippen LogP contribution in [0.1, 0.15) is 40.5 Å². The summed E-state index contributed by atoms with van der Waals surface area (Å²) >= 11 is 0. The van der Waals surface area contributed by atoms with Crippen LogP contribution in [0.3, 0.4) is 0 Å². The molecular formula is C17H18F3N3O2. The number of amides is 1. The summed E-state index contributed by atoms with van der Waals surface area (Å²) in [5.41, 5.74) is 0.168. The van der Waals surface area contributed by atoms with Gasteiger partial charge in [0.15, 0.2) is 5.69 Å². The van der Waals surface area contributed by atoms with E-state index < -0.39 is 11.9 Å². The van der Waals surface area contributed by atoms with E-state index in [-0.39, 0.29) is 24.9 Å². The van der Waals surface area contributed by atoms with Gasteiger partial charge in [0, 0.05) is 23.7 Å². The SMILES string of the molecule is COc1ccc(C(=O)NCCn2nc(C(F)(F)F)cc2C2CC2)cc1. The van der Waals surface area contributed by atoms with Gasteiger partial charge in [-0.05, 0) is 43.2 Å². The van der Waals surface area contributed by atoms with E-state index in [1.54, 1.807) is 24.3 Å². The van der Waals surface area contributed by atoms with E-state index in [1.807, 2.05) is 0 Å². The molecule has 0 unspecified atom stereocenters. The van der Waals surface area contributed by atoms with Gasteiger partial charge in [0.05, 0.1) is 13.7 Å². The van der Waals surface area contributed by atoms with E-state index in [1.165, 1.54) is 11.8 Å².